The van der Waals surface area contributed by atoms with Gasteiger partial charge in [0.05, 0.1) is 5.60 Å². The van der Waals surface area contributed by atoms with E-state index >= 15 is 0 Å². The predicted molar refractivity (Wildman–Crippen MR) is 94.7 cm³/mol. The number of benzene rings is 1. The average molecular weight is 327 g/mol. The molecule has 2 saturated carbocycles. The third-order valence-corrected chi connectivity index (χ3v) is 6.75. The summed E-state index contributed by atoms with van der Waals surface area (Å²) in [6.45, 7) is 8.16. The first kappa shape index (κ1) is 16.1. The summed E-state index contributed by atoms with van der Waals surface area (Å²) in [4.78, 5) is 14.4. The number of amides is 1. The smallest absolute Gasteiger partial charge is 0.225 e. The van der Waals surface area contributed by atoms with E-state index < -0.39 is 5.60 Å². The largest absolute Gasteiger partial charge is 0.390 e. The predicted octanol–water partition coefficient (Wildman–Crippen LogP) is 3.25. The van der Waals surface area contributed by atoms with Gasteiger partial charge in [0, 0.05) is 24.4 Å². The van der Waals surface area contributed by atoms with Crippen LogP contribution in [0.4, 0.5) is 0 Å². The molecule has 130 valence electrons. The number of carbonyl (C=O) groups is 1. The van der Waals surface area contributed by atoms with Gasteiger partial charge in [-0.05, 0) is 75.5 Å². The third kappa shape index (κ3) is 2.67. The van der Waals surface area contributed by atoms with Crippen LogP contribution in [0.1, 0.15) is 49.3 Å². The third-order valence-electron chi connectivity index (χ3n) is 6.75. The zero-order valence-electron chi connectivity index (χ0n) is 15.1. The fourth-order valence-electron chi connectivity index (χ4n) is 5.27. The van der Waals surface area contributed by atoms with Gasteiger partial charge < -0.3 is 10.0 Å². The van der Waals surface area contributed by atoms with Crippen molar-refractivity contribution in [2.24, 2.45) is 17.3 Å². The van der Waals surface area contributed by atoms with E-state index in [2.05, 4.69) is 32.0 Å². The van der Waals surface area contributed by atoms with Gasteiger partial charge in [0.2, 0.25) is 5.91 Å². The van der Waals surface area contributed by atoms with Crippen molar-refractivity contribution in [2.75, 3.05) is 13.1 Å². The second-order valence-corrected chi connectivity index (χ2v) is 9.13. The quantitative estimate of drug-likeness (QED) is 0.926. The van der Waals surface area contributed by atoms with E-state index in [9.17, 15) is 9.90 Å². The highest BCUT2D eigenvalue weighted by Gasteiger charge is 2.55. The number of likely N-dealkylation sites (tertiary alicyclic amines) is 1. The van der Waals surface area contributed by atoms with Crippen LogP contribution in [0.5, 0.6) is 0 Å². The number of hydrogen-bond acceptors (Lipinski definition) is 2. The lowest BCUT2D eigenvalue weighted by Crippen LogP contribution is -2.66. The molecule has 1 saturated heterocycles. The molecule has 0 bridgehead atoms. The summed E-state index contributed by atoms with van der Waals surface area (Å²) in [5.41, 5.74) is 4.15. The van der Waals surface area contributed by atoms with E-state index in [1.807, 2.05) is 11.8 Å². The Balaban J connectivity index is 1.26. The topological polar surface area (TPSA) is 40.5 Å². The van der Waals surface area contributed by atoms with E-state index in [-0.39, 0.29) is 11.8 Å². The summed E-state index contributed by atoms with van der Waals surface area (Å²) in [5, 5.41) is 9.81. The summed E-state index contributed by atoms with van der Waals surface area (Å²) >= 11 is 0. The molecule has 1 amide bonds. The van der Waals surface area contributed by atoms with Crippen LogP contribution in [0, 0.1) is 31.1 Å². The van der Waals surface area contributed by atoms with Gasteiger partial charge in [-0.15, -0.1) is 0 Å². The molecule has 1 spiro atoms. The van der Waals surface area contributed by atoms with Crippen LogP contribution in [0.15, 0.2) is 18.2 Å². The first-order chi connectivity index (χ1) is 11.3. The van der Waals surface area contributed by atoms with E-state index in [0.717, 1.165) is 19.0 Å². The molecule has 0 unspecified atom stereocenters. The van der Waals surface area contributed by atoms with Crippen LogP contribution >= 0.6 is 0 Å². The van der Waals surface area contributed by atoms with Crippen molar-refractivity contribution in [3.05, 3.63) is 34.9 Å². The zero-order chi connectivity index (χ0) is 17.1. The summed E-state index contributed by atoms with van der Waals surface area (Å²) in [6.07, 6.45) is 5.02. The molecule has 4 rings (SSSR count). The Hall–Kier alpha value is -1.35. The molecule has 24 heavy (non-hydrogen) atoms. The normalized spacial score (nSPS) is 31.3. The summed E-state index contributed by atoms with van der Waals surface area (Å²) < 4.78 is 0. The van der Waals surface area contributed by atoms with E-state index in [4.69, 9.17) is 0 Å². The molecule has 3 fully saturated rings. The van der Waals surface area contributed by atoms with Crippen LogP contribution in [0.2, 0.25) is 0 Å². The van der Waals surface area contributed by atoms with Crippen molar-refractivity contribution < 1.29 is 9.90 Å². The van der Waals surface area contributed by atoms with Crippen molar-refractivity contribution in [1.82, 2.24) is 4.90 Å². The highest BCUT2D eigenvalue weighted by Crippen LogP contribution is 2.54. The Kier molecular flexibility index (Phi) is 3.58. The molecule has 1 N–H and O–H groups in total. The minimum atomic E-state index is -0.601. The molecule has 1 aromatic rings. The molecule has 3 heteroatoms. The van der Waals surface area contributed by atoms with Gasteiger partial charge in [-0.25, -0.2) is 0 Å². The molecule has 0 radical (unpaired) electrons. The van der Waals surface area contributed by atoms with Crippen molar-refractivity contribution in [3.63, 3.8) is 0 Å². The molecule has 3 nitrogen and oxygen atoms in total. The summed E-state index contributed by atoms with van der Waals surface area (Å²) in [7, 11) is 0. The maximum Gasteiger partial charge on any atom is 0.225 e. The van der Waals surface area contributed by atoms with Crippen LogP contribution in [-0.4, -0.2) is 34.6 Å². The lowest BCUT2D eigenvalue weighted by atomic mass is 9.56. The molecule has 2 aliphatic carbocycles. The Morgan fingerprint density at radius 1 is 1.21 bits per heavy atom. The van der Waals surface area contributed by atoms with E-state index in [1.54, 1.807) is 0 Å². The minimum Gasteiger partial charge on any atom is -0.390 e. The van der Waals surface area contributed by atoms with Crippen LogP contribution in [0.25, 0.3) is 0 Å². The minimum absolute atomic E-state index is 0.0724. The first-order valence-corrected chi connectivity index (χ1v) is 9.33. The fraction of sp³-hybridized carbons (Fsp3) is 0.667. The van der Waals surface area contributed by atoms with Crippen molar-refractivity contribution in [2.45, 2.75) is 58.5 Å². The highest BCUT2D eigenvalue weighted by molar-refractivity contribution is 5.81. The van der Waals surface area contributed by atoms with Crippen molar-refractivity contribution >= 4 is 5.91 Å². The Bertz CT molecular complexity index is 656. The van der Waals surface area contributed by atoms with Gasteiger partial charge in [-0.3, -0.25) is 4.79 Å². The van der Waals surface area contributed by atoms with Crippen LogP contribution in [-0.2, 0) is 11.2 Å². The monoisotopic (exact) mass is 327 g/mol. The molecule has 0 aromatic heterocycles. The van der Waals surface area contributed by atoms with Crippen LogP contribution in [0.3, 0.4) is 0 Å². The molecule has 1 aliphatic heterocycles. The Morgan fingerprint density at radius 3 is 2.50 bits per heavy atom. The van der Waals surface area contributed by atoms with Gasteiger partial charge >= 0.3 is 0 Å². The molecule has 1 aromatic carbocycles. The number of hydrogen-bond donors (Lipinski definition) is 1. The van der Waals surface area contributed by atoms with Crippen molar-refractivity contribution in [1.29, 1.82) is 0 Å². The van der Waals surface area contributed by atoms with Gasteiger partial charge in [-0.2, -0.15) is 0 Å². The first-order valence-electron chi connectivity index (χ1n) is 9.33. The van der Waals surface area contributed by atoms with Gasteiger partial charge in [0.25, 0.3) is 0 Å². The molecule has 0 atom stereocenters. The van der Waals surface area contributed by atoms with E-state index in [0.29, 0.717) is 18.3 Å². The van der Waals surface area contributed by atoms with Gasteiger partial charge in [0.15, 0.2) is 0 Å². The summed E-state index contributed by atoms with van der Waals surface area (Å²) in [6, 6.07) is 6.63. The number of aryl methyl sites for hydroxylation is 1. The number of rotatable bonds is 3. The maximum atomic E-state index is 12.4. The number of aliphatic hydroxyl groups is 1. The second-order valence-electron chi connectivity index (χ2n) is 9.13. The zero-order valence-corrected chi connectivity index (χ0v) is 15.1. The average Bonchev–Trinajstić information content (AvgIpc) is 2.41. The lowest BCUT2D eigenvalue weighted by molar-refractivity contribution is -0.171. The van der Waals surface area contributed by atoms with Crippen molar-refractivity contribution in [3.8, 4) is 0 Å². The Labute approximate surface area is 145 Å². The van der Waals surface area contributed by atoms with Gasteiger partial charge in [-0.1, -0.05) is 18.2 Å². The molecule has 1 heterocycles. The molecular formula is C21H29NO2. The standard InChI is InChI=1S/C21H29NO2/c1-14-5-4-6-17(15(14)2)7-16-8-21(9-16)12-22(13-21)19(23)18-10-20(3,24)11-18/h4-6,16,18,24H,7-13H2,1-3H3/t18-,20+. The maximum absolute atomic E-state index is 12.4. The summed E-state index contributed by atoms with van der Waals surface area (Å²) in [5.74, 6) is 1.14. The second kappa shape index (κ2) is 5.32. The van der Waals surface area contributed by atoms with Crippen LogP contribution < -0.4 is 0 Å². The highest BCUT2D eigenvalue weighted by atomic mass is 16.3. The fourth-order valence-corrected chi connectivity index (χ4v) is 5.27. The molecule has 3 aliphatic rings. The van der Waals surface area contributed by atoms with E-state index in [1.165, 1.54) is 36.0 Å². The lowest BCUT2D eigenvalue weighted by Gasteiger charge is -2.60. The Morgan fingerprint density at radius 2 is 1.88 bits per heavy atom. The number of nitrogens with zero attached hydrogens (tertiary/aromatic N) is 1. The number of carbonyl (C=O) groups excluding carboxylic acids is 1. The molecular weight excluding hydrogens is 298 g/mol. The SMILES string of the molecule is Cc1cccc(CC2CC3(C2)CN(C(=O)[C@H]2C[C@@](C)(O)C2)C3)c1C. The van der Waals surface area contributed by atoms with Gasteiger partial charge in [0.1, 0.15) is 0 Å².